The lowest BCUT2D eigenvalue weighted by molar-refractivity contribution is 0.117. The highest BCUT2D eigenvalue weighted by Gasteiger charge is 2.20. The van der Waals surface area contributed by atoms with Gasteiger partial charge in [0.05, 0.1) is 6.10 Å². The Labute approximate surface area is 141 Å². The van der Waals surface area contributed by atoms with E-state index < -0.39 is 6.10 Å². The number of hydrogen-bond acceptors (Lipinski definition) is 6. The van der Waals surface area contributed by atoms with Gasteiger partial charge < -0.3 is 10.0 Å². The zero-order valence-corrected chi connectivity index (χ0v) is 14.4. The van der Waals surface area contributed by atoms with Crippen molar-refractivity contribution in [2.24, 2.45) is 0 Å². The van der Waals surface area contributed by atoms with Crippen LogP contribution in [0.4, 0.5) is 5.13 Å². The first-order valence-electron chi connectivity index (χ1n) is 8.29. The predicted octanol–water partition coefficient (Wildman–Crippen LogP) is 2.35. The fraction of sp³-hybridized carbons (Fsp3) is 0.529. The standard InChI is InChI=1S/C17H24N4OS/c1-2-16-18-17(23-19-16)21-10-6-9-20(11-12-21)13-15(22)14-7-4-3-5-8-14/h3-5,7-8,15,22H,2,6,9-13H2,1H3. The van der Waals surface area contributed by atoms with Gasteiger partial charge in [0.2, 0.25) is 5.13 Å². The average molecular weight is 332 g/mol. The van der Waals surface area contributed by atoms with Crippen LogP contribution in [-0.4, -0.2) is 52.1 Å². The van der Waals surface area contributed by atoms with E-state index in [0.29, 0.717) is 6.54 Å². The molecule has 23 heavy (non-hydrogen) atoms. The van der Waals surface area contributed by atoms with Crippen molar-refractivity contribution in [1.82, 2.24) is 14.3 Å². The Hall–Kier alpha value is -1.50. The molecule has 6 heteroatoms. The summed E-state index contributed by atoms with van der Waals surface area (Å²) in [5, 5.41) is 11.4. The zero-order chi connectivity index (χ0) is 16.1. The second-order valence-electron chi connectivity index (χ2n) is 5.91. The molecule has 1 N–H and O–H groups in total. The van der Waals surface area contributed by atoms with Crippen LogP contribution in [0.5, 0.6) is 0 Å². The van der Waals surface area contributed by atoms with Crippen LogP contribution in [-0.2, 0) is 6.42 Å². The Balaban J connectivity index is 1.56. The van der Waals surface area contributed by atoms with Gasteiger partial charge in [-0.1, -0.05) is 37.3 Å². The van der Waals surface area contributed by atoms with E-state index in [0.717, 1.165) is 55.5 Å². The molecule has 1 aromatic heterocycles. The number of anilines is 1. The number of rotatable bonds is 5. The molecule has 3 rings (SSSR count). The van der Waals surface area contributed by atoms with Crippen LogP contribution < -0.4 is 4.90 Å². The van der Waals surface area contributed by atoms with E-state index in [1.54, 1.807) is 0 Å². The Morgan fingerprint density at radius 3 is 2.74 bits per heavy atom. The van der Waals surface area contributed by atoms with Gasteiger partial charge >= 0.3 is 0 Å². The summed E-state index contributed by atoms with van der Waals surface area (Å²) >= 11 is 1.50. The van der Waals surface area contributed by atoms with Crippen LogP contribution in [0.2, 0.25) is 0 Å². The van der Waals surface area contributed by atoms with E-state index >= 15 is 0 Å². The minimum Gasteiger partial charge on any atom is -0.387 e. The number of aromatic nitrogens is 2. The second-order valence-corrected chi connectivity index (χ2v) is 6.64. The largest absolute Gasteiger partial charge is 0.387 e. The molecule has 1 unspecified atom stereocenters. The molecule has 1 atom stereocenters. The first kappa shape index (κ1) is 16.4. The minimum atomic E-state index is -0.420. The fourth-order valence-electron chi connectivity index (χ4n) is 2.89. The Morgan fingerprint density at radius 2 is 2.00 bits per heavy atom. The van der Waals surface area contributed by atoms with Gasteiger partial charge in [-0.05, 0) is 12.0 Å². The highest BCUT2D eigenvalue weighted by molar-refractivity contribution is 7.09. The summed E-state index contributed by atoms with van der Waals surface area (Å²) in [5.41, 5.74) is 0.991. The summed E-state index contributed by atoms with van der Waals surface area (Å²) in [5.74, 6) is 0.936. The number of nitrogens with zero attached hydrogens (tertiary/aromatic N) is 4. The Kier molecular flexibility index (Phi) is 5.59. The van der Waals surface area contributed by atoms with E-state index in [1.165, 1.54) is 11.5 Å². The topological polar surface area (TPSA) is 52.5 Å². The SMILES string of the molecule is CCc1nsc(N2CCCN(CC(O)c3ccccc3)CC2)n1. The smallest absolute Gasteiger partial charge is 0.205 e. The van der Waals surface area contributed by atoms with Gasteiger partial charge in [0.15, 0.2) is 0 Å². The third kappa shape index (κ3) is 4.28. The Bertz CT molecular complexity index is 604. The van der Waals surface area contributed by atoms with Crippen molar-refractivity contribution in [3.63, 3.8) is 0 Å². The van der Waals surface area contributed by atoms with Gasteiger partial charge in [-0.15, -0.1) is 0 Å². The van der Waals surface area contributed by atoms with Crippen molar-refractivity contribution >= 4 is 16.7 Å². The van der Waals surface area contributed by atoms with Crippen molar-refractivity contribution in [1.29, 1.82) is 0 Å². The number of hydrogen-bond donors (Lipinski definition) is 1. The normalized spacial score (nSPS) is 17.9. The molecule has 1 aliphatic heterocycles. The van der Waals surface area contributed by atoms with E-state index in [9.17, 15) is 5.11 Å². The molecule has 0 spiro atoms. The number of benzene rings is 1. The van der Waals surface area contributed by atoms with Crippen LogP contribution in [0.25, 0.3) is 0 Å². The molecule has 1 fully saturated rings. The number of β-amino-alcohol motifs (C(OH)–C–C–N with tert-alkyl or cyclic N) is 1. The summed E-state index contributed by atoms with van der Waals surface area (Å²) in [6.45, 7) is 6.69. The summed E-state index contributed by atoms with van der Waals surface area (Å²) in [4.78, 5) is 9.26. The zero-order valence-electron chi connectivity index (χ0n) is 13.6. The third-order valence-corrected chi connectivity index (χ3v) is 5.06. The number of aryl methyl sites for hydroxylation is 1. The molecule has 0 amide bonds. The average Bonchev–Trinajstić information content (AvgIpc) is 2.96. The highest BCUT2D eigenvalue weighted by Crippen LogP contribution is 2.20. The van der Waals surface area contributed by atoms with Crippen molar-refractivity contribution in [2.45, 2.75) is 25.9 Å². The lowest BCUT2D eigenvalue weighted by Gasteiger charge is -2.24. The van der Waals surface area contributed by atoms with E-state index in [-0.39, 0.29) is 0 Å². The molecule has 0 aliphatic carbocycles. The van der Waals surface area contributed by atoms with Crippen LogP contribution in [0.1, 0.15) is 30.8 Å². The van der Waals surface area contributed by atoms with Gasteiger partial charge in [0.25, 0.3) is 0 Å². The lowest BCUT2D eigenvalue weighted by Crippen LogP contribution is -2.33. The molecular formula is C17H24N4OS. The third-order valence-electron chi connectivity index (χ3n) is 4.25. The molecular weight excluding hydrogens is 308 g/mol. The summed E-state index contributed by atoms with van der Waals surface area (Å²) in [6.07, 6.45) is 1.55. The van der Waals surface area contributed by atoms with Gasteiger partial charge in [0, 0.05) is 50.7 Å². The maximum atomic E-state index is 10.4. The van der Waals surface area contributed by atoms with Crippen LogP contribution in [0.15, 0.2) is 30.3 Å². The van der Waals surface area contributed by atoms with E-state index in [1.807, 2.05) is 30.3 Å². The second kappa shape index (κ2) is 7.86. The fourth-order valence-corrected chi connectivity index (χ4v) is 3.69. The van der Waals surface area contributed by atoms with Crippen molar-refractivity contribution < 1.29 is 5.11 Å². The predicted molar refractivity (Wildman–Crippen MR) is 94.0 cm³/mol. The molecule has 1 aliphatic rings. The molecule has 1 saturated heterocycles. The van der Waals surface area contributed by atoms with Crippen LogP contribution in [0.3, 0.4) is 0 Å². The molecule has 5 nitrogen and oxygen atoms in total. The monoisotopic (exact) mass is 332 g/mol. The van der Waals surface area contributed by atoms with E-state index in [2.05, 4.69) is 26.1 Å². The van der Waals surface area contributed by atoms with Gasteiger partial charge in [-0.25, -0.2) is 4.98 Å². The Morgan fingerprint density at radius 1 is 1.17 bits per heavy atom. The molecule has 0 saturated carbocycles. The van der Waals surface area contributed by atoms with Crippen molar-refractivity contribution in [3.05, 3.63) is 41.7 Å². The molecule has 0 radical (unpaired) electrons. The lowest BCUT2D eigenvalue weighted by atomic mass is 10.1. The summed E-state index contributed by atoms with van der Waals surface area (Å²) in [7, 11) is 0. The minimum absolute atomic E-state index is 0.420. The molecule has 1 aromatic carbocycles. The maximum absolute atomic E-state index is 10.4. The highest BCUT2D eigenvalue weighted by atomic mass is 32.1. The number of aliphatic hydroxyl groups excluding tert-OH is 1. The molecule has 124 valence electrons. The van der Waals surface area contributed by atoms with Crippen molar-refractivity contribution in [2.75, 3.05) is 37.6 Å². The number of aliphatic hydroxyl groups is 1. The van der Waals surface area contributed by atoms with Gasteiger partial charge in [0.1, 0.15) is 5.82 Å². The van der Waals surface area contributed by atoms with Gasteiger partial charge in [-0.2, -0.15) is 4.37 Å². The van der Waals surface area contributed by atoms with Gasteiger partial charge in [-0.3, -0.25) is 4.90 Å². The quantitative estimate of drug-likeness (QED) is 0.911. The molecule has 2 heterocycles. The van der Waals surface area contributed by atoms with Crippen LogP contribution >= 0.6 is 11.5 Å². The summed E-state index contributed by atoms with van der Waals surface area (Å²) < 4.78 is 4.38. The van der Waals surface area contributed by atoms with Crippen molar-refractivity contribution in [3.8, 4) is 0 Å². The maximum Gasteiger partial charge on any atom is 0.205 e. The molecule has 2 aromatic rings. The summed E-state index contributed by atoms with van der Waals surface area (Å²) in [6, 6.07) is 9.91. The first-order chi connectivity index (χ1) is 11.3. The van der Waals surface area contributed by atoms with Crippen LogP contribution in [0, 0.1) is 0 Å². The van der Waals surface area contributed by atoms with E-state index in [4.69, 9.17) is 0 Å². The first-order valence-corrected chi connectivity index (χ1v) is 9.06. The molecule has 0 bridgehead atoms.